The number of benzene rings is 1. The third-order valence-electron chi connectivity index (χ3n) is 4.33. The van der Waals surface area contributed by atoms with E-state index >= 15 is 0 Å². The van der Waals surface area contributed by atoms with Crippen molar-refractivity contribution in [3.8, 4) is 0 Å². The number of hydrogen-bond donors (Lipinski definition) is 1. The van der Waals surface area contributed by atoms with Crippen LogP contribution in [-0.2, 0) is 0 Å². The number of rotatable bonds is 4. The fourth-order valence-corrected chi connectivity index (χ4v) is 2.82. The van der Waals surface area contributed by atoms with Gasteiger partial charge >= 0.3 is 0 Å². The molecule has 2 fully saturated rings. The molecule has 1 saturated heterocycles. The average Bonchev–Trinajstić information content (AvgIpc) is 3.24. The van der Waals surface area contributed by atoms with E-state index in [9.17, 15) is 5.11 Å². The predicted molar refractivity (Wildman–Crippen MR) is 78.5 cm³/mol. The molecule has 0 bridgehead atoms. The van der Waals surface area contributed by atoms with Crippen LogP contribution in [0.2, 0.25) is 0 Å². The van der Waals surface area contributed by atoms with E-state index < -0.39 is 0 Å². The molecule has 19 heavy (non-hydrogen) atoms. The number of aliphatic hydroxyl groups excluding tert-OH is 1. The minimum Gasteiger partial charge on any atom is -0.389 e. The highest BCUT2D eigenvalue weighted by Crippen LogP contribution is 2.30. The van der Waals surface area contributed by atoms with Gasteiger partial charge in [-0.3, -0.25) is 4.90 Å². The Morgan fingerprint density at radius 1 is 1.11 bits per heavy atom. The molecule has 0 aromatic heterocycles. The Kier molecular flexibility index (Phi) is 3.76. The highest BCUT2D eigenvalue weighted by Gasteiger charge is 2.26. The molecule has 0 radical (unpaired) electrons. The summed E-state index contributed by atoms with van der Waals surface area (Å²) < 4.78 is 0. The summed E-state index contributed by atoms with van der Waals surface area (Å²) in [5, 5.41) is 9.53. The fraction of sp³-hybridized carbons (Fsp3) is 0.625. The van der Waals surface area contributed by atoms with Gasteiger partial charge < -0.3 is 10.0 Å². The van der Waals surface area contributed by atoms with Crippen LogP contribution >= 0.6 is 0 Å². The maximum Gasteiger partial charge on any atom is 0.0761 e. The van der Waals surface area contributed by atoms with Crippen molar-refractivity contribution in [1.82, 2.24) is 4.90 Å². The highest BCUT2D eigenvalue weighted by molar-refractivity contribution is 5.48. The van der Waals surface area contributed by atoms with Crippen molar-refractivity contribution in [2.45, 2.75) is 25.9 Å². The number of aliphatic hydroxyl groups is 1. The predicted octanol–water partition coefficient (Wildman–Crippen LogP) is 2.27. The number of hydrogen-bond acceptors (Lipinski definition) is 3. The molecule has 1 aliphatic carbocycles. The number of nitrogens with zero attached hydrogens (tertiary/aromatic N) is 2. The topological polar surface area (TPSA) is 26.7 Å². The maximum absolute atomic E-state index is 9.53. The van der Waals surface area contributed by atoms with Crippen molar-refractivity contribution in [3.05, 3.63) is 29.8 Å². The van der Waals surface area contributed by atoms with Gasteiger partial charge in [0.15, 0.2) is 0 Å². The molecule has 0 amide bonds. The van der Waals surface area contributed by atoms with Gasteiger partial charge in [0.25, 0.3) is 0 Å². The Bertz CT molecular complexity index is 403. The molecule has 1 aromatic rings. The van der Waals surface area contributed by atoms with E-state index in [0.717, 1.165) is 24.6 Å². The molecule has 1 aromatic carbocycles. The van der Waals surface area contributed by atoms with Gasteiger partial charge in [-0.15, -0.1) is 0 Å². The second-order valence-corrected chi connectivity index (χ2v) is 6.00. The first-order valence-corrected chi connectivity index (χ1v) is 7.48. The maximum atomic E-state index is 9.53. The van der Waals surface area contributed by atoms with Crippen molar-refractivity contribution in [2.75, 3.05) is 37.6 Å². The minimum atomic E-state index is -0.371. The molecular formula is C16H24N2O. The smallest absolute Gasteiger partial charge is 0.0761 e. The first-order valence-electron chi connectivity index (χ1n) is 7.48. The largest absolute Gasteiger partial charge is 0.389 e. The average molecular weight is 260 g/mol. The van der Waals surface area contributed by atoms with Crippen LogP contribution in [0, 0.1) is 5.92 Å². The van der Waals surface area contributed by atoms with E-state index in [1.807, 2.05) is 19.1 Å². The Morgan fingerprint density at radius 2 is 1.74 bits per heavy atom. The summed E-state index contributed by atoms with van der Waals surface area (Å²) in [6.45, 7) is 7.76. The van der Waals surface area contributed by atoms with E-state index in [2.05, 4.69) is 21.9 Å². The zero-order valence-corrected chi connectivity index (χ0v) is 11.8. The molecular weight excluding hydrogens is 236 g/mol. The van der Waals surface area contributed by atoms with E-state index in [-0.39, 0.29) is 6.10 Å². The molecule has 3 rings (SSSR count). The van der Waals surface area contributed by atoms with Gasteiger partial charge in [0.1, 0.15) is 0 Å². The second kappa shape index (κ2) is 5.51. The van der Waals surface area contributed by atoms with Crippen LogP contribution in [0.15, 0.2) is 24.3 Å². The third-order valence-corrected chi connectivity index (χ3v) is 4.33. The normalized spacial score (nSPS) is 22.5. The molecule has 1 aliphatic heterocycles. The summed E-state index contributed by atoms with van der Waals surface area (Å²) >= 11 is 0. The Balaban J connectivity index is 1.55. The third kappa shape index (κ3) is 3.28. The van der Waals surface area contributed by atoms with Crippen molar-refractivity contribution >= 4 is 5.69 Å². The van der Waals surface area contributed by atoms with E-state index in [4.69, 9.17) is 0 Å². The summed E-state index contributed by atoms with van der Waals surface area (Å²) in [6.07, 6.45) is 2.52. The fourth-order valence-electron chi connectivity index (χ4n) is 2.82. The van der Waals surface area contributed by atoms with Crippen LogP contribution in [-0.4, -0.2) is 42.7 Å². The summed E-state index contributed by atoms with van der Waals surface area (Å²) in [6, 6.07) is 8.35. The standard InChI is InChI=1S/C16H24N2O/c1-13(19)15-4-6-16(7-5-15)18-10-8-17(9-11-18)12-14-2-3-14/h4-7,13-14,19H,2-3,8-12H2,1H3/t13-/m0/s1. The molecule has 3 heteroatoms. The van der Waals surface area contributed by atoms with Crippen LogP contribution in [0.5, 0.6) is 0 Å². The first kappa shape index (κ1) is 12.9. The minimum absolute atomic E-state index is 0.371. The van der Waals surface area contributed by atoms with Gasteiger partial charge in [-0.1, -0.05) is 12.1 Å². The van der Waals surface area contributed by atoms with Gasteiger partial charge in [0.2, 0.25) is 0 Å². The number of piperazine rings is 1. The van der Waals surface area contributed by atoms with Crippen LogP contribution in [0.25, 0.3) is 0 Å². The van der Waals surface area contributed by atoms with Gasteiger partial charge in [0.05, 0.1) is 6.10 Å². The monoisotopic (exact) mass is 260 g/mol. The van der Waals surface area contributed by atoms with Gasteiger partial charge in [0, 0.05) is 38.4 Å². The lowest BCUT2D eigenvalue weighted by Gasteiger charge is -2.36. The molecule has 104 valence electrons. The Hall–Kier alpha value is -1.06. The van der Waals surface area contributed by atoms with Crippen molar-refractivity contribution in [2.24, 2.45) is 5.92 Å². The zero-order chi connectivity index (χ0) is 13.2. The summed E-state index contributed by atoms with van der Waals surface area (Å²) in [5.74, 6) is 0.997. The molecule has 0 spiro atoms. The molecule has 0 unspecified atom stereocenters. The van der Waals surface area contributed by atoms with E-state index in [1.54, 1.807) is 0 Å². The molecule has 1 N–H and O–H groups in total. The first-order chi connectivity index (χ1) is 9.22. The number of anilines is 1. The van der Waals surface area contributed by atoms with Gasteiger partial charge in [-0.25, -0.2) is 0 Å². The summed E-state index contributed by atoms with van der Waals surface area (Å²) in [7, 11) is 0. The van der Waals surface area contributed by atoms with Gasteiger partial charge in [-0.05, 0) is 43.4 Å². The lowest BCUT2D eigenvalue weighted by atomic mass is 10.1. The van der Waals surface area contributed by atoms with Crippen LogP contribution in [0.1, 0.15) is 31.4 Å². The zero-order valence-electron chi connectivity index (χ0n) is 11.8. The SMILES string of the molecule is C[C@H](O)c1ccc(N2CCN(CC3CC3)CC2)cc1. The Morgan fingerprint density at radius 3 is 2.26 bits per heavy atom. The van der Waals surface area contributed by atoms with Crippen molar-refractivity contribution in [1.29, 1.82) is 0 Å². The lowest BCUT2D eigenvalue weighted by Crippen LogP contribution is -2.47. The van der Waals surface area contributed by atoms with E-state index in [0.29, 0.717) is 0 Å². The van der Waals surface area contributed by atoms with Crippen molar-refractivity contribution < 1.29 is 5.11 Å². The van der Waals surface area contributed by atoms with Crippen LogP contribution in [0.3, 0.4) is 0 Å². The lowest BCUT2D eigenvalue weighted by molar-refractivity contribution is 0.199. The van der Waals surface area contributed by atoms with Crippen LogP contribution < -0.4 is 4.90 Å². The van der Waals surface area contributed by atoms with Crippen LogP contribution in [0.4, 0.5) is 5.69 Å². The second-order valence-electron chi connectivity index (χ2n) is 6.00. The molecule has 1 heterocycles. The van der Waals surface area contributed by atoms with E-state index in [1.165, 1.54) is 38.2 Å². The molecule has 3 nitrogen and oxygen atoms in total. The highest BCUT2D eigenvalue weighted by atomic mass is 16.3. The van der Waals surface area contributed by atoms with Gasteiger partial charge in [-0.2, -0.15) is 0 Å². The quantitative estimate of drug-likeness (QED) is 0.899. The molecule has 2 aliphatic rings. The molecule has 1 atom stereocenters. The molecule has 1 saturated carbocycles. The Labute approximate surface area is 115 Å². The summed E-state index contributed by atoms with van der Waals surface area (Å²) in [5.41, 5.74) is 2.28. The summed E-state index contributed by atoms with van der Waals surface area (Å²) in [4.78, 5) is 5.06. The van der Waals surface area contributed by atoms with Crippen molar-refractivity contribution in [3.63, 3.8) is 0 Å².